The Bertz CT molecular complexity index is 171. The summed E-state index contributed by atoms with van der Waals surface area (Å²) in [7, 11) is 4.16. The molecule has 0 amide bonds. The molecule has 1 unspecified atom stereocenters. The van der Waals surface area contributed by atoms with Gasteiger partial charge in [0.05, 0.1) is 11.0 Å². The van der Waals surface area contributed by atoms with Gasteiger partial charge in [0.2, 0.25) is 0 Å². The maximum Gasteiger partial charge on any atom is 0.0899 e. The third kappa shape index (κ3) is 5.52. The zero-order chi connectivity index (χ0) is 11.1. The van der Waals surface area contributed by atoms with Gasteiger partial charge in [0.15, 0.2) is 0 Å². The van der Waals surface area contributed by atoms with Crippen molar-refractivity contribution in [2.24, 2.45) is 5.73 Å². The van der Waals surface area contributed by atoms with Crippen molar-refractivity contribution in [1.29, 1.82) is 0 Å². The summed E-state index contributed by atoms with van der Waals surface area (Å²) in [4.78, 5) is 5.11. The number of nitrogens with two attached hydrogens (primary N) is 1. The number of likely N-dealkylation sites (N-methyl/N-ethyl adjacent to an activating group) is 1. The predicted octanol–water partition coefficient (Wildman–Crippen LogP) is 0.935. The van der Waals surface area contributed by atoms with Crippen molar-refractivity contribution in [3.63, 3.8) is 0 Å². The van der Waals surface area contributed by atoms with E-state index >= 15 is 0 Å². The van der Waals surface area contributed by atoms with Gasteiger partial charge in [0.25, 0.3) is 0 Å². The van der Waals surface area contributed by atoms with Crippen LogP contribution in [-0.2, 0) is 0 Å². The highest BCUT2D eigenvalue weighted by atomic mass is 32.1. The molecule has 0 aliphatic rings. The largest absolute Gasteiger partial charge is 0.392 e. The minimum atomic E-state index is 0.213. The summed E-state index contributed by atoms with van der Waals surface area (Å²) >= 11 is 5.01. The fraction of sp³-hybridized carbons (Fsp3) is 0.900. The van der Waals surface area contributed by atoms with E-state index in [1.807, 2.05) is 0 Å². The van der Waals surface area contributed by atoms with E-state index < -0.39 is 0 Å². The predicted molar refractivity (Wildman–Crippen MR) is 66.7 cm³/mol. The summed E-state index contributed by atoms with van der Waals surface area (Å²) in [6.07, 6.45) is 1.14. The molecule has 0 aliphatic heterocycles. The van der Waals surface area contributed by atoms with Crippen LogP contribution in [0.2, 0.25) is 0 Å². The molecule has 0 saturated heterocycles. The van der Waals surface area contributed by atoms with E-state index in [0.29, 0.717) is 4.99 Å². The summed E-state index contributed by atoms with van der Waals surface area (Å²) in [5, 5.41) is 0. The highest BCUT2D eigenvalue weighted by molar-refractivity contribution is 7.80. The van der Waals surface area contributed by atoms with Crippen LogP contribution in [0.25, 0.3) is 0 Å². The van der Waals surface area contributed by atoms with Crippen molar-refractivity contribution in [3.8, 4) is 0 Å². The van der Waals surface area contributed by atoms with Gasteiger partial charge in [-0.1, -0.05) is 19.1 Å². The van der Waals surface area contributed by atoms with Crippen LogP contribution < -0.4 is 5.73 Å². The third-order valence-electron chi connectivity index (χ3n) is 2.30. The zero-order valence-electron chi connectivity index (χ0n) is 9.79. The minimum Gasteiger partial charge on any atom is -0.392 e. The second-order valence-electron chi connectivity index (χ2n) is 3.92. The van der Waals surface area contributed by atoms with Crippen molar-refractivity contribution in [1.82, 2.24) is 9.80 Å². The zero-order valence-corrected chi connectivity index (χ0v) is 10.6. The van der Waals surface area contributed by atoms with E-state index in [1.54, 1.807) is 0 Å². The van der Waals surface area contributed by atoms with Crippen molar-refractivity contribution in [2.75, 3.05) is 33.7 Å². The summed E-state index contributed by atoms with van der Waals surface area (Å²) in [5.41, 5.74) is 5.65. The summed E-state index contributed by atoms with van der Waals surface area (Å²) < 4.78 is 0. The number of rotatable bonds is 7. The Morgan fingerprint density at radius 3 is 2.21 bits per heavy atom. The minimum absolute atomic E-state index is 0.213. The molecule has 0 rings (SSSR count). The molecule has 0 saturated carbocycles. The van der Waals surface area contributed by atoms with E-state index in [2.05, 4.69) is 37.7 Å². The van der Waals surface area contributed by atoms with Crippen molar-refractivity contribution in [3.05, 3.63) is 0 Å². The van der Waals surface area contributed by atoms with Crippen LogP contribution in [0.1, 0.15) is 20.3 Å². The van der Waals surface area contributed by atoms with Gasteiger partial charge in [-0.3, -0.25) is 4.90 Å². The Balaban J connectivity index is 4.06. The van der Waals surface area contributed by atoms with Gasteiger partial charge in [-0.2, -0.15) is 0 Å². The van der Waals surface area contributed by atoms with Crippen molar-refractivity contribution in [2.45, 2.75) is 26.3 Å². The fourth-order valence-corrected chi connectivity index (χ4v) is 1.44. The third-order valence-corrected chi connectivity index (χ3v) is 2.65. The monoisotopic (exact) mass is 217 g/mol. The number of thiocarbonyl (C=S) groups is 1. The van der Waals surface area contributed by atoms with Crippen LogP contribution >= 0.6 is 12.2 Å². The first-order valence-corrected chi connectivity index (χ1v) is 5.58. The van der Waals surface area contributed by atoms with Crippen LogP contribution in [0.3, 0.4) is 0 Å². The first-order chi connectivity index (χ1) is 6.49. The first-order valence-electron chi connectivity index (χ1n) is 5.17. The lowest BCUT2D eigenvalue weighted by atomic mass is 10.2. The quantitative estimate of drug-likeness (QED) is 0.643. The standard InChI is InChI=1S/C10H23N3S/c1-5-6-13(8-7-12(3)4)9(2)10(11)14/h9H,5-8H2,1-4H3,(H2,11,14). The van der Waals surface area contributed by atoms with Gasteiger partial charge in [-0.15, -0.1) is 0 Å². The Morgan fingerprint density at radius 1 is 1.29 bits per heavy atom. The topological polar surface area (TPSA) is 32.5 Å². The van der Waals surface area contributed by atoms with E-state index in [-0.39, 0.29) is 6.04 Å². The van der Waals surface area contributed by atoms with Crippen LogP contribution in [0.15, 0.2) is 0 Å². The van der Waals surface area contributed by atoms with E-state index in [4.69, 9.17) is 18.0 Å². The summed E-state index contributed by atoms with van der Waals surface area (Å²) in [6, 6.07) is 0.213. The van der Waals surface area contributed by atoms with E-state index in [1.165, 1.54) is 0 Å². The number of hydrogen-bond donors (Lipinski definition) is 1. The van der Waals surface area contributed by atoms with Crippen LogP contribution in [-0.4, -0.2) is 54.6 Å². The van der Waals surface area contributed by atoms with Gasteiger partial charge in [-0.25, -0.2) is 0 Å². The highest BCUT2D eigenvalue weighted by Gasteiger charge is 2.14. The molecule has 4 heteroatoms. The highest BCUT2D eigenvalue weighted by Crippen LogP contribution is 2.01. The average molecular weight is 217 g/mol. The molecule has 3 nitrogen and oxygen atoms in total. The van der Waals surface area contributed by atoms with Gasteiger partial charge in [0, 0.05) is 13.1 Å². The van der Waals surface area contributed by atoms with Crippen molar-refractivity contribution < 1.29 is 0 Å². The smallest absolute Gasteiger partial charge is 0.0899 e. The number of hydrogen-bond acceptors (Lipinski definition) is 3. The molecule has 0 aromatic rings. The Kier molecular flexibility index (Phi) is 7.05. The SMILES string of the molecule is CCCN(CCN(C)C)C(C)C(N)=S. The Hall–Kier alpha value is -0.190. The van der Waals surface area contributed by atoms with Crippen LogP contribution in [0.4, 0.5) is 0 Å². The molecule has 0 heterocycles. The lowest BCUT2D eigenvalue weighted by Gasteiger charge is -2.29. The van der Waals surface area contributed by atoms with Crippen LogP contribution in [0, 0.1) is 0 Å². The summed E-state index contributed by atoms with van der Waals surface area (Å²) in [5.74, 6) is 0. The molecule has 0 spiro atoms. The molecule has 0 aromatic carbocycles. The molecule has 0 radical (unpaired) electrons. The first kappa shape index (κ1) is 13.8. The molecular formula is C10H23N3S. The van der Waals surface area contributed by atoms with Crippen molar-refractivity contribution >= 4 is 17.2 Å². The average Bonchev–Trinajstić information content (AvgIpc) is 2.10. The molecule has 2 N–H and O–H groups in total. The summed E-state index contributed by atoms with van der Waals surface area (Å²) in [6.45, 7) is 7.39. The van der Waals surface area contributed by atoms with Gasteiger partial charge in [0.1, 0.15) is 0 Å². The Labute approximate surface area is 93.2 Å². The maximum atomic E-state index is 5.65. The maximum absolute atomic E-state index is 5.65. The van der Waals surface area contributed by atoms with Gasteiger partial charge >= 0.3 is 0 Å². The molecule has 14 heavy (non-hydrogen) atoms. The second kappa shape index (κ2) is 7.15. The second-order valence-corrected chi connectivity index (χ2v) is 4.39. The lowest BCUT2D eigenvalue weighted by Crippen LogP contribution is -2.44. The molecule has 1 atom stereocenters. The fourth-order valence-electron chi connectivity index (χ4n) is 1.29. The molecule has 84 valence electrons. The van der Waals surface area contributed by atoms with Gasteiger partial charge in [-0.05, 0) is 34.0 Å². The number of nitrogens with zero attached hydrogens (tertiary/aromatic N) is 2. The molecule has 0 bridgehead atoms. The molecule has 0 aliphatic carbocycles. The molecule has 0 fully saturated rings. The lowest BCUT2D eigenvalue weighted by molar-refractivity contribution is 0.225. The van der Waals surface area contributed by atoms with E-state index in [0.717, 1.165) is 26.1 Å². The normalized spacial score (nSPS) is 13.6. The Morgan fingerprint density at radius 2 is 1.86 bits per heavy atom. The van der Waals surface area contributed by atoms with Crippen LogP contribution in [0.5, 0.6) is 0 Å². The molecular weight excluding hydrogens is 194 g/mol. The van der Waals surface area contributed by atoms with E-state index in [9.17, 15) is 0 Å². The van der Waals surface area contributed by atoms with Gasteiger partial charge < -0.3 is 10.6 Å². The molecule has 0 aromatic heterocycles.